The van der Waals surface area contributed by atoms with E-state index in [1.165, 1.54) is 6.42 Å². The Balaban J connectivity index is 2.45. The molecular weight excluding hydrogens is 176 g/mol. The molecule has 0 amide bonds. The third-order valence-corrected chi connectivity index (χ3v) is 2.57. The van der Waals surface area contributed by atoms with Crippen LogP contribution in [0, 0.1) is 9.87 Å². The molecular formula is C7H12N2S2. The first-order valence-electron chi connectivity index (χ1n) is 3.73. The minimum absolute atomic E-state index is 0.743. The fourth-order valence-electron chi connectivity index (χ4n) is 0.780. The zero-order valence-electron chi connectivity index (χ0n) is 6.76. The SMILES string of the molecule is CC(C)CCc1n[nH]c(=S)s1. The van der Waals surface area contributed by atoms with Gasteiger partial charge in [-0.2, -0.15) is 5.10 Å². The molecule has 0 saturated carbocycles. The molecule has 1 aromatic rings. The largest absolute Gasteiger partial charge is 0.258 e. The van der Waals surface area contributed by atoms with E-state index in [4.69, 9.17) is 12.2 Å². The summed E-state index contributed by atoms with van der Waals surface area (Å²) < 4.78 is 0.781. The van der Waals surface area contributed by atoms with Crippen molar-refractivity contribution >= 4 is 23.6 Å². The van der Waals surface area contributed by atoms with Gasteiger partial charge in [-0.1, -0.05) is 25.2 Å². The highest BCUT2D eigenvalue weighted by Gasteiger charge is 1.99. The van der Waals surface area contributed by atoms with Gasteiger partial charge in [-0.3, -0.25) is 5.10 Å². The minimum atomic E-state index is 0.743. The monoisotopic (exact) mass is 188 g/mol. The molecule has 4 heteroatoms. The second-order valence-corrected chi connectivity index (χ2v) is 4.69. The summed E-state index contributed by atoms with van der Waals surface area (Å²) in [6.45, 7) is 4.43. The third-order valence-electron chi connectivity index (χ3n) is 1.42. The second-order valence-electron chi connectivity index (χ2n) is 2.94. The Bertz CT molecular complexity index is 261. The molecule has 0 unspecified atom stereocenters. The summed E-state index contributed by atoms with van der Waals surface area (Å²) >= 11 is 6.49. The molecule has 1 rings (SSSR count). The van der Waals surface area contributed by atoms with Crippen LogP contribution in [-0.4, -0.2) is 10.2 Å². The summed E-state index contributed by atoms with van der Waals surface area (Å²) in [6, 6.07) is 0. The quantitative estimate of drug-likeness (QED) is 0.739. The molecule has 11 heavy (non-hydrogen) atoms. The minimum Gasteiger partial charge on any atom is -0.258 e. The maximum absolute atomic E-state index is 4.91. The topological polar surface area (TPSA) is 28.7 Å². The second kappa shape index (κ2) is 3.97. The third kappa shape index (κ3) is 3.12. The first-order valence-corrected chi connectivity index (χ1v) is 4.95. The van der Waals surface area contributed by atoms with E-state index in [2.05, 4.69) is 24.0 Å². The van der Waals surface area contributed by atoms with Crippen LogP contribution in [0.1, 0.15) is 25.3 Å². The molecule has 0 saturated heterocycles. The molecule has 0 spiro atoms. The highest BCUT2D eigenvalue weighted by atomic mass is 32.1. The van der Waals surface area contributed by atoms with Crippen LogP contribution in [0.5, 0.6) is 0 Å². The lowest BCUT2D eigenvalue weighted by Gasteiger charge is -1.99. The Morgan fingerprint density at radius 3 is 2.82 bits per heavy atom. The van der Waals surface area contributed by atoms with Crippen LogP contribution in [0.2, 0.25) is 0 Å². The average molecular weight is 188 g/mol. The van der Waals surface area contributed by atoms with Crippen LogP contribution in [-0.2, 0) is 6.42 Å². The Morgan fingerprint density at radius 1 is 1.64 bits per heavy atom. The normalized spacial score (nSPS) is 10.8. The zero-order valence-corrected chi connectivity index (χ0v) is 8.39. The molecule has 0 aromatic carbocycles. The van der Waals surface area contributed by atoms with Gasteiger partial charge in [-0.25, -0.2) is 0 Å². The van der Waals surface area contributed by atoms with Gasteiger partial charge in [0.15, 0.2) is 3.95 Å². The maximum Gasteiger partial charge on any atom is 0.176 e. The number of rotatable bonds is 3. The number of nitrogens with zero attached hydrogens (tertiary/aromatic N) is 1. The molecule has 0 fully saturated rings. The van der Waals surface area contributed by atoms with Crippen LogP contribution >= 0.6 is 23.6 Å². The lowest BCUT2D eigenvalue weighted by Crippen LogP contribution is -1.91. The van der Waals surface area contributed by atoms with Crippen LogP contribution in [0.15, 0.2) is 0 Å². The van der Waals surface area contributed by atoms with Crippen molar-refractivity contribution in [2.45, 2.75) is 26.7 Å². The van der Waals surface area contributed by atoms with Crippen LogP contribution < -0.4 is 0 Å². The van der Waals surface area contributed by atoms with E-state index in [9.17, 15) is 0 Å². The van der Waals surface area contributed by atoms with Gasteiger partial charge in [-0.05, 0) is 24.6 Å². The van der Waals surface area contributed by atoms with E-state index in [1.807, 2.05) is 0 Å². The van der Waals surface area contributed by atoms with E-state index < -0.39 is 0 Å². The number of nitrogens with one attached hydrogen (secondary N) is 1. The molecule has 0 aliphatic rings. The Morgan fingerprint density at radius 2 is 2.36 bits per heavy atom. The fraction of sp³-hybridized carbons (Fsp3) is 0.714. The molecule has 0 aliphatic carbocycles. The first-order chi connectivity index (χ1) is 5.18. The Kier molecular flexibility index (Phi) is 3.20. The van der Waals surface area contributed by atoms with Crippen molar-refractivity contribution in [3.63, 3.8) is 0 Å². The molecule has 0 radical (unpaired) electrons. The average Bonchev–Trinajstić information content (AvgIpc) is 2.31. The van der Waals surface area contributed by atoms with E-state index in [0.717, 1.165) is 21.3 Å². The number of H-pyrrole nitrogens is 1. The van der Waals surface area contributed by atoms with Crippen molar-refractivity contribution in [3.8, 4) is 0 Å². The molecule has 0 aliphatic heterocycles. The fourth-order valence-corrected chi connectivity index (χ4v) is 1.73. The summed E-state index contributed by atoms with van der Waals surface area (Å²) in [5.41, 5.74) is 0. The van der Waals surface area contributed by atoms with Crippen LogP contribution in [0.4, 0.5) is 0 Å². The first kappa shape index (κ1) is 8.87. The van der Waals surface area contributed by atoms with E-state index in [0.29, 0.717) is 0 Å². The highest BCUT2D eigenvalue weighted by Crippen LogP contribution is 2.10. The molecule has 0 atom stereocenters. The lowest BCUT2D eigenvalue weighted by atomic mass is 10.1. The molecule has 1 N–H and O–H groups in total. The van der Waals surface area contributed by atoms with Crippen molar-refractivity contribution in [2.75, 3.05) is 0 Å². The van der Waals surface area contributed by atoms with Gasteiger partial charge < -0.3 is 0 Å². The molecule has 0 bridgehead atoms. The van der Waals surface area contributed by atoms with E-state index >= 15 is 0 Å². The Hall–Kier alpha value is -0.220. The summed E-state index contributed by atoms with van der Waals surface area (Å²) in [4.78, 5) is 0. The number of aryl methyl sites for hydroxylation is 1. The van der Waals surface area contributed by atoms with Gasteiger partial charge in [0.25, 0.3) is 0 Å². The predicted molar refractivity (Wildman–Crippen MR) is 50.5 cm³/mol. The van der Waals surface area contributed by atoms with Crippen molar-refractivity contribution in [1.29, 1.82) is 0 Å². The standard InChI is InChI=1S/C7H12N2S2/c1-5(2)3-4-6-8-9-7(10)11-6/h5H,3-4H2,1-2H3,(H,9,10). The molecule has 62 valence electrons. The van der Waals surface area contributed by atoms with Gasteiger partial charge >= 0.3 is 0 Å². The van der Waals surface area contributed by atoms with Crippen LogP contribution in [0.3, 0.4) is 0 Å². The van der Waals surface area contributed by atoms with Gasteiger partial charge in [-0.15, -0.1) is 0 Å². The van der Waals surface area contributed by atoms with Crippen LogP contribution in [0.25, 0.3) is 0 Å². The number of aromatic nitrogens is 2. The van der Waals surface area contributed by atoms with Gasteiger partial charge in [0.05, 0.1) is 0 Å². The van der Waals surface area contributed by atoms with Gasteiger partial charge in [0, 0.05) is 6.42 Å². The van der Waals surface area contributed by atoms with Gasteiger partial charge in [0.1, 0.15) is 5.01 Å². The molecule has 1 aromatic heterocycles. The van der Waals surface area contributed by atoms with Crippen molar-refractivity contribution < 1.29 is 0 Å². The summed E-state index contributed by atoms with van der Waals surface area (Å²) in [6.07, 6.45) is 2.24. The van der Waals surface area contributed by atoms with Crippen molar-refractivity contribution in [1.82, 2.24) is 10.2 Å². The van der Waals surface area contributed by atoms with Crippen molar-refractivity contribution in [2.24, 2.45) is 5.92 Å². The van der Waals surface area contributed by atoms with E-state index in [-0.39, 0.29) is 0 Å². The summed E-state index contributed by atoms with van der Waals surface area (Å²) in [5.74, 6) is 0.743. The predicted octanol–water partition coefficient (Wildman–Crippen LogP) is 2.79. The number of aromatic amines is 1. The summed E-state index contributed by atoms with van der Waals surface area (Å²) in [5, 5.41) is 7.98. The number of hydrogen-bond donors (Lipinski definition) is 1. The van der Waals surface area contributed by atoms with E-state index in [1.54, 1.807) is 11.3 Å². The van der Waals surface area contributed by atoms with Crippen molar-refractivity contribution in [3.05, 3.63) is 8.96 Å². The lowest BCUT2D eigenvalue weighted by molar-refractivity contribution is 0.584. The highest BCUT2D eigenvalue weighted by molar-refractivity contribution is 7.73. The zero-order chi connectivity index (χ0) is 8.27. The van der Waals surface area contributed by atoms with Gasteiger partial charge in [0.2, 0.25) is 0 Å². The Labute approximate surface area is 75.7 Å². The summed E-state index contributed by atoms with van der Waals surface area (Å²) in [7, 11) is 0. The maximum atomic E-state index is 4.91. The number of hydrogen-bond acceptors (Lipinski definition) is 3. The molecule has 1 heterocycles. The smallest absolute Gasteiger partial charge is 0.176 e. The molecule has 2 nitrogen and oxygen atoms in total.